The molecule has 0 aliphatic heterocycles. The Morgan fingerprint density at radius 1 is 1.23 bits per heavy atom. The summed E-state index contributed by atoms with van der Waals surface area (Å²) < 4.78 is 2.38. The molecule has 0 aliphatic carbocycles. The third-order valence-corrected chi connectivity index (χ3v) is 5.05. The summed E-state index contributed by atoms with van der Waals surface area (Å²) in [6.07, 6.45) is 0.822. The Labute approximate surface area is 163 Å². The van der Waals surface area contributed by atoms with Crippen molar-refractivity contribution in [2.24, 2.45) is 0 Å². The van der Waals surface area contributed by atoms with Gasteiger partial charge in [0.1, 0.15) is 0 Å². The zero-order chi connectivity index (χ0) is 18.5. The lowest BCUT2D eigenvalue weighted by atomic mass is 10.1. The van der Waals surface area contributed by atoms with E-state index < -0.39 is 0 Å². The van der Waals surface area contributed by atoms with Crippen molar-refractivity contribution in [2.75, 3.05) is 5.32 Å². The molecule has 3 rings (SSSR count). The maximum Gasteiger partial charge on any atom is 0.266 e. The van der Waals surface area contributed by atoms with Crippen LogP contribution in [0.15, 0.2) is 51.0 Å². The van der Waals surface area contributed by atoms with Crippen LogP contribution in [0.1, 0.15) is 18.5 Å². The Kier molecular flexibility index (Phi) is 5.95. The smallest absolute Gasteiger partial charge is 0.266 e. The maximum absolute atomic E-state index is 12.0. The van der Waals surface area contributed by atoms with Gasteiger partial charge in [-0.1, -0.05) is 28.1 Å². The number of aryl methyl sites for hydroxylation is 2. The van der Waals surface area contributed by atoms with E-state index in [0.717, 1.165) is 21.4 Å². The number of hydrogen-bond acceptors (Lipinski definition) is 5. The summed E-state index contributed by atoms with van der Waals surface area (Å²) in [4.78, 5) is 28.2. The lowest BCUT2D eigenvalue weighted by Gasteiger charge is -2.07. The summed E-state index contributed by atoms with van der Waals surface area (Å²) in [7, 11) is 0. The number of carbonyl (C=O) groups is 1. The normalized spacial score (nSPS) is 10.7. The summed E-state index contributed by atoms with van der Waals surface area (Å²) in [5.41, 5.74) is 2.35. The first-order valence-corrected chi connectivity index (χ1v) is 9.74. The molecule has 8 heteroatoms. The average Bonchev–Trinajstić information content (AvgIpc) is 3.02. The highest BCUT2D eigenvalue weighted by atomic mass is 79.9. The number of rotatable bonds is 6. The van der Waals surface area contributed by atoms with Gasteiger partial charge in [0.15, 0.2) is 5.13 Å². The predicted octanol–water partition coefficient (Wildman–Crippen LogP) is 3.86. The second-order valence-corrected chi connectivity index (χ2v) is 7.51. The van der Waals surface area contributed by atoms with Crippen LogP contribution in [0.3, 0.4) is 0 Å². The third kappa shape index (κ3) is 4.86. The molecule has 0 radical (unpaired) electrons. The molecule has 1 aromatic carbocycles. The molecule has 0 saturated heterocycles. The number of benzene rings is 1. The quantitative estimate of drug-likeness (QED) is 0.641. The van der Waals surface area contributed by atoms with E-state index in [2.05, 4.69) is 31.3 Å². The van der Waals surface area contributed by atoms with Crippen molar-refractivity contribution in [3.63, 3.8) is 0 Å². The van der Waals surface area contributed by atoms with Crippen LogP contribution in [0, 0.1) is 6.92 Å². The van der Waals surface area contributed by atoms with E-state index in [1.165, 1.54) is 22.1 Å². The highest BCUT2D eigenvalue weighted by molar-refractivity contribution is 9.10. The van der Waals surface area contributed by atoms with Crippen molar-refractivity contribution < 1.29 is 4.79 Å². The average molecular weight is 433 g/mol. The van der Waals surface area contributed by atoms with Crippen molar-refractivity contribution in [1.82, 2.24) is 14.8 Å². The lowest BCUT2D eigenvalue weighted by Crippen LogP contribution is -2.23. The molecule has 0 unspecified atom stereocenters. The largest absolute Gasteiger partial charge is 0.302 e. The Balaban J connectivity index is 1.60. The van der Waals surface area contributed by atoms with Crippen LogP contribution in [-0.4, -0.2) is 20.7 Å². The number of anilines is 1. The SMILES string of the molecule is Cc1csc(NC(=O)CCCn2nc(-c3ccc(Br)cc3)ccc2=O)n1. The molecular weight excluding hydrogens is 416 g/mol. The molecule has 0 bridgehead atoms. The van der Waals surface area contributed by atoms with Gasteiger partial charge in [0, 0.05) is 34.4 Å². The van der Waals surface area contributed by atoms with E-state index in [1.54, 1.807) is 6.07 Å². The molecule has 2 heterocycles. The van der Waals surface area contributed by atoms with Crippen LogP contribution in [0.25, 0.3) is 11.3 Å². The first kappa shape index (κ1) is 18.5. The molecule has 134 valence electrons. The zero-order valence-corrected chi connectivity index (χ0v) is 16.5. The summed E-state index contributed by atoms with van der Waals surface area (Å²) in [6.45, 7) is 2.26. The Hall–Kier alpha value is -2.32. The fourth-order valence-electron chi connectivity index (χ4n) is 2.37. The van der Waals surface area contributed by atoms with Gasteiger partial charge in [-0.05, 0) is 31.5 Å². The Bertz CT molecular complexity index is 966. The van der Waals surface area contributed by atoms with Gasteiger partial charge in [-0.2, -0.15) is 5.10 Å². The fraction of sp³-hybridized carbons (Fsp3) is 0.222. The van der Waals surface area contributed by atoms with Crippen LogP contribution in [0.2, 0.25) is 0 Å². The van der Waals surface area contributed by atoms with Crippen molar-refractivity contribution in [3.8, 4) is 11.3 Å². The molecule has 3 aromatic rings. The second-order valence-electron chi connectivity index (χ2n) is 5.73. The number of nitrogens with zero attached hydrogens (tertiary/aromatic N) is 3. The van der Waals surface area contributed by atoms with Crippen molar-refractivity contribution in [2.45, 2.75) is 26.3 Å². The molecule has 0 aliphatic rings. The van der Waals surface area contributed by atoms with E-state index in [9.17, 15) is 9.59 Å². The summed E-state index contributed by atoms with van der Waals surface area (Å²) in [6, 6.07) is 10.9. The van der Waals surface area contributed by atoms with Crippen LogP contribution in [-0.2, 0) is 11.3 Å². The topological polar surface area (TPSA) is 76.9 Å². The van der Waals surface area contributed by atoms with Gasteiger partial charge in [0.05, 0.1) is 11.4 Å². The molecule has 0 saturated carbocycles. The monoisotopic (exact) mass is 432 g/mol. The highest BCUT2D eigenvalue weighted by Crippen LogP contribution is 2.19. The van der Waals surface area contributed by atoms with E-state index >= 15 is 0 Å². The van der Waals surface area contributed by atoms with Gasteiger partial charge in [-0.15, -0.1) is 11.3 Å². The Morgan fingerprint density at radius 2 is 2.00 bits per heavy atom. The molecule has 0 atom stereocenters. The fourth-order valence-corrected chi connectivity index (χ4v) is 3.33. The van der Waals surface area contributed by atoms with Gasteiger partial charge in [-0.25, -0.2) is 9.67 Å². The first-order chi connectivity index (χ1) is 12.5. The molecule has 26 heavy (non-hydrogen) atoms. The number of nitrogens with one attached hydrogen (secondary N) is 1. The summed E-state index contributed by atoms with van der Waals surface area (Å²) >= 11 is 4.80. The molecule has 0 fully saturated rings. The van der Waals surface area contributed by atoms with E-state index in [4.69, 9.17) is 0 Å². The number of aromatic nitrogens is 3. The van der Waals surface area contributed by atoms with Crippen molar-refractivity contribution in [3.05, 3.63) is 62.3 Å². The second kappa shape index (κ2) is 8.37. The minimum absolute atomic E-state index is 0.114. The third-order valence-electron chi connectivity index (χ3n) is 3.65. The number of thiazole rings is 1. The van der Waals surface area contributed by atoms with Gasteiger partial charge < -0.3 is 5.32 Å². The zero-order valence-electron chi connectivity index (χ0n) is 14.1. The first-order valence-electron chi connectivity index (χ1n) is 8.07. The molecule has 1 amide bonds. The van der Waals surface area contributed by atoms with Gasteiger partial charge in [0.25, 0.3) is 5.56 Å². The highest BCUT2D eigenvalue weighted by Gasteiger charge is 2.07. The molecule has 1 N–H and O–H groups in total. The van der Waals surface area contributed by atoms with Gasteiger partial charge in [0.2, 0.25) is 5.91 Å². The lowest BCUT2D eigenvalue weighted by molar-refractivity contribution is -0.116. The van der Waals surface area contributed by atoms with E-state index in [-0.39, 0.29) is 11.5 Å². The number of hydrogen-bond donors (Lipinski definition) is 1. The number of halogens is 1. The van der Waals surface area contributed by atoms with Crippen molar-refractivity contribution in [1.29, 1.82) is 0 Å². The van der Waals surface area contributed by atoms with Crippen LogP contribution in [0.4, 0.5) is 5.13 Å². The minimum Gasteiger partial charge on any atom is -0.302 e. The molecule has 0 spiro atoms. The van der Waals surface area contributed by atoms with E-state index in [1.807, 2.05) is 36.6 Å². The molecule has 6 nitrogen and oxygen atoms in total. The maximum atomic E-state index is 12.0. The standard InChI is InChI=1S/C18H17BrN4O2S/c1-12-11-26-18(20-12)21-16(24)3-2-10-23-17(25)9-8-15(22-23)13-4-6-14(19)7-5-13/h4-9,11H,2-3,10H2,1H3,(H,20,21,24). The van der Waals surface area contributed by atoms with Gasteiger partial charge in [-0.3, -0.25) is 9.59 Å². The summed E-state index contributed by atoms with van der Waals surface area (Å²) in [5, 5.41) is 9.64. The van der Waals surface area contributed by atoms with E-state index in [0.29, 0.717) is 24.5 Å². The van der Waals surface area contributed by atoms with Crippen molar-refractivity contribution >= 4 is 38.3 Å². The number of carbonyl (C=O) groups excluding carboxylic acids is 1. The molecule has 2 aromatic heterocycles. The molecular formula is C18H17BrN4O2S. The predicted molar refractivity (Wildman–Crippen MR) is 106 cm³/mol. The van der Waals surface area contributed by atoms with Crippen LogP contribution in [0.5, 0.6) is 0 Å². The minimum atomic E-state index is -0.179. The van der Waals surface area contributed by atoms with Crippen LogP contribution < -0.4 is 10.9 Å². The van der Waals surface area contributed by atoms with Crippen LogP contribution >= 0.6 is 27.3 Å². The summed E-state index contributed by atoms with van der Waals surface area (Å²) in [5.74, 6) is -0.114. The van der Waals surface area contributed by atoms with Gasteiger partial charge >= 0.3 is 0 Å². The Morgan fingerprint density at radius 3 is 2.69 bits per heavy atom. The number of amides is 1.